The first-order chi connectivity index (χ1) is 9.06. The molecule has 0 aliphatic heterocycles. The third-order valence-corrected chi connectivity index (χ3v) is 3.30. The van der Waals surface area contributed by atoms with Crippen LogP contribution in [0.25, 0.3) is 0 Å². The summed E-state index contributed by atoms with van der Waals surface area (Å²) in [6, 6.07) is 12.4. The molecule has 0 spiro atoms. The van der Waals surface area contributed by atoms with Crippen LogP contribution in [0.15, 0.2) is 42.5 Å². The molecule has 0 saturated heterocycles. The van der Waals surface area contributed by atoms with E-state index in [9.17, 15) is 4.79 Å². The van der Waals surface area contributed by atoms with Gasteiger partial charge in [-0.3, -0.25) is 4.79 Å². The van der Waals surface area contributed by atoms with Gasteiger partial charge in [0, 0.05) is 11.4 Å². The SMILES string of the molecule is O=C(O)Cc1ccccc1Nc1ccc(Cl)c(Cl)c1. The maximum Gasteiger partial charge on any atom is 0.307 e. The van der Waals surface area contributed by atoms with Gasteiger partial charge in [-0.05, 0) is 29.8 Å². The molecular formula is C14H11Cl2NO2. The summed E-state index contributed by atoms with van der Waals surface area (Å²) in [5, 5.41) is 12.9. The highest BCUT2D eigenvalue weighted by Crippen LogP contribution is 2.28. The molecule has 2 aromatic rings. The highest BCUT2D eigenvalue weighted by molar-refractivity contribution is 6.42. The standard InChI is InChI=1S/C14H11Cl2NO2/c15-11-6-5-10(8-12(11)16)17-13-4-2-1-3-9(13)7-14(18)19/h1-6,8,17H,7H2,(H,18,19). The summed E-state index contributed by atoms with van der Waals surface area (Å²) < 4.78 is 0. The Balaban J connectivity index is 2.27. The number of nitrogens with one attached hydrogen (secondary N) is 1. The van der Waals surface area contributed by atoms with Crippen molar-refractivity contribution >= 4 is 40.5 Å². The monoisotopic (exact) mass is 295 g/mol. The molecule has 0 amide bonds. The van der Waals surface area contributed by atoms with Crippen LogP contribution in [0.4, 0.5) is 11.4 Å². The van der Waals surface area contributed by atoms with E-state index >= 15 is 0 Å². The van der Waals surface area contributed by atoms with E-state index in [0.717, 1.165) is 11.4 Å². The maximum atomic E-state index is 10.8. The second-order valence-corrected chi connectivity index (χ2v) is 4.80. The van der Waals surface area contributed by atoms with Gasteiger partial charge in [0.25, 0.3) is 0 Å². The summed E-state index contributed by atoms with van der Waals surface area (Å²) in [5.41, 5.74) is 2.21. The van der Waals surface area contributed by atoms with E-state index < -0.39 is 5.97 Å². The summed E-state index contributed by atoms with van der Waals surface area (Å²) in [7, 11) is 0. The van der Waals surface area contributed by atoms with Gasteiger partial charge < -0.3 is 10.4 Å². The highest BCUT2D eigenvalue weighted by atomic mass is 35.5. The van der Waals surface area contributed by atoms with Crippen LogP contribution in [0.5, 0.6) is 0 Å². The van der Waals surface area contributed by atoms with Crippen molar-refractivity contribution in [3.8, 4) is 0 Å². The summed E-state index contributed by atoms with van der Waals surface area (Å²) in [5.74, 6) is -0.872. The predicted octanol–water partition coefficient (Wildman–Crippen LogP) is 4.36. The average Bonchev–Trinajstić information content (AvgIpc) is 2.36. The molecule has 2 rings (SSSR count). The van der Waals surface area contributed by atoms with Gasteiger partial charge >= 0.3 is 5.97 Å². The molecule has 98 valence electrons. The van der Waals surface area contributed by atoms with Gasteiger partial charge in [-0.2, -0.15) is 0 Å². The molecule has 5 heteroatoms. The van der Waals surface area contributed by atoms with E-state index in [1.165, 1.54) is 0 Å². The molecule has 19 heavy (non-hydrogen) atoms. The Morgan fingerprint density at radius 2 is 1.84 bits per heavy atom. The van der Waals surface area contributed by atoms with Crippen molar-refractivity contribution in [3.63, 3.8) is 0 Å². The van der Waals surface area contributed by atoms with E-state index in [0.29, 0.717) is 15.6 Å². The molecule has 0 radical (unpaired) electrons. The third kappa shape index (κ3) is 3.63. The number of hydrogen-bond acceptors (Lipinski definition) is 2. The fourth-order valence-electron chi connectivity index (χ4n) is 1.69. The van der Waals surface area contributed by atoms with Gasteiger partial charge in [-0.1, -0.05) is 41.4 Å². The fourth-order valence-corrected chi connectivity index (χ4v) is 1.99. The van der Waals surface area contributed by atoms with E-state index in [4.69, 9.17) is 28.3 Å². The van der Waals surface area contributed by atoms with E-state index in [1.54, 1.807) is 30.3 Å². The van der Waals surface area contributed by atoms with Gasteiger partial charge in [0.15, 0.2) is 0 Å². The summed E-state index contributed by atoms with van der Waals surface area (Å²) in [6.45, 7) is 0. The lowest BCUT2D eigenvalue weighted by Gasteiger charge is -2.11. The smallest absolute Gasteiger partial charge is 0.307 e. The Bertz CT molecular complexity index is 614. The Labute approximate surface area is 120 Å². The van der Waals surface area contributed by atoms with Crippen LogP contribution in [0.3, 0.4) is 0 Å². The number of para-hydroxylation sites is 1. The van der Waals surface area contributed by atoms with Crippen LogP contribution in [-0.2, 0) is 11.2 Å². The first-order valence-corrected chi connectivity index (χ1v) is 6.33. The van der Waals surface area contributed by atoms with Crippen molar-refractivity contribution in [3.05, 3.63) is 58.1 Å². The number of carboxylic acids is 1. The zero-order valence-electron chi connectivity index (χ0n) is 9.86. The third-order valence-electron chi connectivity index (χ3n) is 2.56. The quantitative estimate of drug-likeness (QED) is 0.881. The number of carbonyl (C=O) groups is 1. The number of anilines is 2. The lowest BCUT2D eigenvalue weighted by Crippen LogP contribution is -2.03. The lowest BCUT2D eigenvalue weighted by molar-refractivity contribution is -0.136. The van der Waals surface area contributed by atoms with Gasteiger partial charge in [-0.25, -0.2) is 0 Å². The minimum absolute atomic E-state index is 0.0372. The Morgan fingerprint density at radius 3 is 2.53 bits per heavy atom. The number of benzene rings is 2. The summed E-state index contributed by atoms with van der Waals surface area (Å²) in [6.07, 6.45) is -0.0372. The number of carboxylic acid groups (broad SMARTS) is 1. The Kier molecular flexibility index (Phi) is 4.30. The molecule has 0 saturated carbocycles. The number of hydrogen-bond donors (Lipinski definition) is 2. The predicted molar refractivity (Wildman–Crippen MR) is 77.5 cm³/mol. The Morgan fingerprint density at radius 1 is 1.11 bits per heavy atom. The van der Waals surface area contributed by atoms with Crippen molar-refractivity contribution in [2.45, 2.75) is 6.42 Å². The van der Waals surface area contributed by atoms with Gasteiger partial charge in [0.2, 0.25) is 0 Å². The topological polar surface area (TPSA) is 49.3 Å². The van der Waals surface area contributed by atoms with Crippen molar-refractivity contribution < 1.29 is 9.90 Å². The van der Waals surface area contributed by atoms with Crippen LogP contribution >= 0.6 is 23.2 Å². The first kappa shape index (κ1) is 13.7. The van der Waals surface area contributed by atoms with Crippen molar-refractivity contribution in [1.82, 2.24) is 0 Å². The van der Waals surface area contributed by atoms with Crippen LogP contribution in [-0.4, -0.2) is 11.1 Å². The van der Waals surface area contributed by atoms with Crippen LogP contribution < -0.4 is 5.32 Å². The molecule has 2 N–H and O–H groups in total. The summed E-state index contributed by atoms with van der Waals surface area (Å²) >= 11 is 11.8. The molecule has 2 aromatic carbocycles. The molecule has 0 fully saturated rings. The summed E-state index contributed by atoms with van der Waals surface area (Å²) in [4.78, 5) is 10.8. The second-order valence-electron chi connectivity index (χ2n) is 3.98. The van der Waals surface area contributed by atoms with Gasteiger partial charge in [0.05, 0.1) is 16.5 Å². The molecule has 0 heterocycles. The van der Waals surface area contributed by atoms with Gasteiger partial charge in [-0.15, -0.1) is 0 Å². The minimum atomic E-state index is -0.872. The minimum Gasteiger partial charge on any atom is -0.481 e. The zero-order chi connectivity index (χ0) is 13.8. The fraction of sp³-hybridized carbons (Fsp3) is 0.0714. The molecule has 0 atom stereocenters. The first-order valence-electron chi connectivity index (χ1n) is 5.58. The van der Waals surface area contributed by atoms with Crippen LogP contribution in [0.1, 0.15) is 5.56 Å². The normalized spacial score (nSPS) is 10.2. The van der Waals surface area contributed by atoms with E-state index in [2.05, 4.69) is 5.32 Å². The Hall–Kier alpha value is -1.71. The van der Waals surface area contributed by atoms with Crippen molar-refractivity contribution in [2.24, 2.45) is 0 Å². The van der Waals surface area contributed by atoms with Crippen LogP contribution in [0, 0.1) is 0 Å². The van der Waals surface area contributed by atoms with E-state index in [-0.39, 0.29) is 6.42 Å². The molecular weight excluding hydrogens is 285 g/mol. The van der Waals surface area contributed by atoms with Gasteiger partial charge in [0.1, 0.15) is 0 Å². The van der Waals surface area contributed by atoms with Crippen molar-refractivity contribution in [1.29, 1.82) is 0 Å². The number of halogens is 2. The van der Waals surface area contributed by atoms with Crippen LogP contribution in [0.2, 0.25) is 10.0 Å². The number of rotatable bonds is 4. The van der Waals surface area contributed by atoms with E-state index in [1.807, 2.05) is 12.1 Å². The molecule has 3 nitrogen and oxygen atoms in total. The molecule has 0 aromatic heterocycles. The molecule has 0 unspecified atom stereocenters. The lowest BCUT2D eigenvalue weighted by atomic mass is 10.1. The molecule has 0 bridgehead atoms. The largest absolute Gasteiger partial charge is 0.481 e. The molecule has 0 aliphatic carbocycles. The average molecular weight is 296 g/mol. The van der Waals surface area contributed by atoms with Crippen molar-refractivity contribution in [2.75, 3.05) is 5.32 Å². The molecule has 0 aliphatic rings. The second kappa shape index (κ2) is 5.95. The maximum absolute atomic E-state index is 10.8. The highest BCUT2D eigenvalue weighted by Gasteiger charge is 2.07. The zero-order valence-corrected chi connectivity index (χ0v) is 11.4. The number of aliphatic carboxylic acids is 1.